The van der Waals surface area contributed by atoms with Gasteiger partial charge in [0.25, 0.3) is 5.91 Å². The van der Waals surface area contributed by atoms with Crippen LogP contribution in [0.15, 0.2) is 81.3 Å². The number of nitrogens with one attached hydrogen (secondary N) is 1. The summed E-state index contributed by atoms with van der Waals surface area (Å²) in [5.41, 5.74) is 1.86. The Morgan fingerprint density at radius 3 is 2.72 bits per heavy atom. The molecule has 4 aromatic rings. The topological polar surface area (TPSA) is 140 Å². The number of hydrogen-bond acceptors (Lipinski definition) is 9. The molecule has 0 bridgehead atoms. The van der Waals surface area contributed by atoms with Crippen molar-refractivity contribution in [1.82, 2.24) is 19.9 Å². The van der Waals surface area contributed by atoms with Crippen molar-refractivity contribution in [2.24, 2.45) is 0 Å². The quantitative estimate of drug-likeness (QED) is 0.294. The van der Waals surface area contributed by atoms with Gasteiger partial charge in [0.05, 0.1) is 32.0 Å². The van der Waals surface area contributed by atoms with Gasteiger partial charge in [-0.25, -0.2) is 9.59 Å². The fourth-order valence-electron chi connectivity index (χ4n) is 3.93. The molecule has 0 radical (unpaired) electrons. The van der Waals surface area contributed by atoms with Crippen molar-refractivity contribution >= 4 is 28.5 Å². The van der Waals surface area contributed by atoms with Crippen LogP contribution < -0.4 is 10.9 Å². The van der Waals surface area contributed by atoms with E-state index in [9.17, 15) is 19.5 Å². The molecular weight excluding hydrogens is 466 g/mol. The minimum Gasteiger partial charge on any atom is -0.466 e. The summed E-state index contributed by atoms with van der Waals surface area (Å²) in [5, 5.41) is 21.3. The fourth-order valence-corrected chi connectivity index (χ4v) is 3.93. The number of aliphatic hydroxyl groups excluding tert-OH is 1. The number of amides is 1. The third kappa shape index (κ3) is 4.23. The van der Waals surface area contributed by atoms with Crippen molar-refractivity contribution in [2.45, 2.75) is 0 Å². The molecule has 3 heterocycles. The van der Waals surface area contributed by atoms with Crippen molar-refractivity contribution in [3.05, 3.63) is 82.5 Å². The summed E-state index contributed by atoms with van der Waals surface area (Å²) in [7, 11) is 1.23. The van der Waals surface area contributed by atoms with E-state index >= 15 is 0 Å². The number of anilines is 1. The molecule has 0 saturated carbocycles. The summed E-state index contributed by atoms with van der Waals surface area (Å²) in [5.74, 6) is -1.09. The number of aromatic nitrogens is 3. The smallest absolute Gasteiger partial charge is 0.364 e. The van der Waals surface area contributed by atoms with E-state index in [1.54, 1.807) is 30.5 Å². The lowest BCUT2D eigenvalue weighted by Crippen LogP contribution is -2.31. The molecule has 0 fully saturated rings. The lowest BCUT2D eigenvalue weighted by Gasteiger charge is -2.15. The number of β-amino-alcohol motifs (C(OH)–C–C–N with tert-alkyl or cyclic N) is 1. The van der Waals surface area contributed by atoms with Gasteiger partial charge < -0.3 is 24.5 Å². The van der Waals surface area contributed by atoms with E-state index in [1.165, 1.54) is 16.8 Å². The van der Waals surface area contributed by atoms with E-state index in [2.05, 4.69) is 15.5 Å². The first-order valence-corrected chi connectivity index (χ1v) is 11.0. The largest absolute Gasteiger partial charge is 0.466 e. The zero-order valence-electron chi connectivity index (χ0n) is 19.2. The van der Waals surface area contributed by atoms with Crippen molar-refractivity contribution in [3.63, 3.8) is 0 Å². The van der Waals surface area contributed by atoms with Crippen molar-refractivity contribution in [1.29, 1.82) is 0 Å². The summed E-state index contributed by atoms with van der Waals surface area (Å²) in [6, 6.07) is 16.0. The van der Waals surface area contributed by atoms with E-state index in [4.69, 9.17) is 9.15 Å². The maximum absolute atomic E-state index is 12.8. The molecule has 2 aromatic carbocycles. The normalized spacial score (nSPS) is 13.5. The predicted octanol–water partition coefficient (Wildman–Crippen LogP) is 1.71. The number of esters is 1. The molecule has 2 N–H and O–H groups in total. The van der Waals surface area contributed by atoms with Crippen LogP contribution in [0.25, 0.3) is 27.9 Å². The van der Waals surface area contributed by atoms with Gasteiger partial charge in [-0.2, -0.15) is 5.10 Å². The number of rotatable bonds is 7. The molecule has 0 unspecified atom stereocenters. The number of ether oxygens (including phenoxy) is 1. The number of carbonyl (C=O) groups excluding carboxylic acids is 2. The lowest BCUT2D eigenvalue weighted by atomic mass is 10.2. The minimum absolute atomic E-state index is 0.0161. The van der Waals surface area contributed by atoms with Gasteiger partial charge in [0.1, 0.15) is 17.0 Å². The van der Waals surface area contributed by atoms with Crippen LogP contribution >= 0.6 is 0 Å². The number of fused-ring (bicyclic) bond motifs is 1. The molecule has 36 heavy (non-hydrogen) atoms. The van der Waals surface area contributed by atoms with Crippen LogP contribution in [0.1, 0.15) is 0 Å². The number of aliphatic hydroxyl groups is 1. The monoisotopic (exact) mass is 487 g/mol. The summed E-state index contributed by atoms with van der Waals surface area (Å²) < 4.78 is 10.3. The standard InChI is InChI=1S/C25H21N5O6/c1-35-24(33)18-14-29(9-10-31)23(32)22(18)27-17-8-7-16-11-20(25(34)36-21(16)12-17)30-26-13-19(28-30)15-5-3-2-4-6-15/h2-8,11-13,27,31H,9-10,14H2,1H3. The molecule has 1 aliphatic heterocycles. The van der Waals surface area contributed by atoms with Gasteiger partial charge in [-0.05, 0) is 18.2 Å². The van der Waals surface area contributed by atoms with Gasteiger partial charge >= 0.3 is 11.6 Å². The highest BCUT2D eigenvalue weighted by Crippen LogP contribution is 2.26. The molecule has 2 aromatic heterocycles. The Kier molecular flexibility index (Phi) is 6.05. The maximum Gasteiger partial charge on any atom is 0.364 e. The molecule has 0 saturated heterocycles. The average molecular weight is 487 g/mol. The zero-order valence-corrected chi connectivity index (χ0v) is 19.2. The van der Waals surface area contributed by atoms with Gasteiger partial charge in [-0.15, -0.1) is 9.90 Å². The Hall–Kier alpha value is -4.77. The number of carbonyl (C=O) groups is 2. The number of methoxy groups -OCH3 is 1. The van der Waals surface area contributed by atoms with Crippen molar-refractivity contribution in [3.8, 4) is 16.9 Å². The summed E-state index contributed by atoms with van der Waals surface area (Å²) in [6.07, 6.45) is 1.57. The minimum atomic E-state index is -0.648. The van der Waals surface area contributed by atoms with Gasteiger partial charge in [0.15, 0.2) is 5.69 Å². The molecule has 0 atom stereocenters. The molecular formula is C25H21N5O6. The van der Waals surface area contributed by atoms with E-state index in [1.807, 2.05) is 30.3 Å². The molecule has 0 aliphatic carbocycles. The van der Waals surface area contributed by atoms with Crippen LogP contribution in [0.2, 0.25) is 0 Å². The first kappa shape index (κ1) is 23.0. The average Bonchev–Trinajstić information content (AvgIpc) is 3.50. The second-order valence-electron chi connectivity index (χ2n) is 7.98. The van der Waals surface area contributed by atoms with Crippen LogP contribution in [-0.2, 0) is 14.3 Å². The van der Waals surface area contributed by atoms with E-state index < -0.39 is 17.5 Å². The Labute approximate surface area is 204 Å². The zero-order chi connectivity index (χ0) is 25.2. The molecule has 11 nitrogen and oxygen atoms in total. The predicted molar refractivity (Wildman–Crippen MR) is 129 cm³/mol. The Morgan fingerprint density at radius 1 is 1.17 bits per heavy atom. The lowest BCUT2D eigenvalue weighted by molar-refractivity contribution is -0.136. The Morgan fingerprint density at radius 2 is 1.97 bits per heavy atom. The third-order valence-electron chi connectivity index (χ3n) is 5.72. The molecule has 182 valence electrons. The van der Waals surface area contributed by atoms with Gasteiger partial charge in [0.2, 0.25) is 0 Å². The molecule has 0 spiro atoms. The first-order chi connectivity index (χ1) is 17.5. The SMILES string of the molecule is COC(=O)C1=C(Nc2ccc3cc(-n4ncc(-c5ccccc5)n4)c(=O)oc3c2)C(=O)N(CCO)C1. The summed E-state index contributed by atoms with van der Waals surface area (Å²) in [6.45, 7) is -0.148. The van der Waals surface area contributed by atoms with Crippen molar-refractivity contribution in [2.75, 3.05) is 32.1 Å². The van der Waals surface area contributed by atoms with Gasteiger partial charge in [-0.1, -0.05) is 30.3 Å². The second kappa shape index (κ2) is 9.47. The van der Waals surface area contributed by atoms with Crippen LogP contribution in [0, 0.1) is 0 Å². The number of nitrogens with zero attached hydrogens (tertiary/aromatic N) is 4. The fraction of sp³-hybridized carbons (Fsp3) is 0.160. The Balaban J connectivity index is 1.46. The molecule has 11 heteroatoms. The summed E-state index contributed by atoms with van der Waals surface area (Å²) >= 11 is 0. The second-order valence-corrected chi connectivity index (χ2v) is 7.98. The number of hydrogen-bond donors (Lipinski definition) is 2. The van der Waals surface area contributed by atoms with E-state index in [0.717, 1.165) is 5.56 Å². The molecule has 5 rings (SSSR count). The van der Waals surface area contributed by atoms with Crippen LogP contribution in [0.4, 0.5) is 5.69 Å². The highest BCUT2D eigenvalue weighted by molar-refractivity contribution is 6.08. The van der Waals surface area contributed by atoms with Crippen molar-refractivity contribution < 1.29 is 23.8 Å². The van der Waals surface area contributed by atoms with Crippen LogP contribution in [-0.4, -0.2) is 63.7 Å². The Bertz CT molecular complexity index is 1560. The highest BCUT2D eigenvalue weighted by Gasteiger charge is 2.34. The van der Waals surface area contributed by atoms with Gasteiger partial charge in [-0.3, -0.25) is 4.79 Å². The number of benzene rings is 2. The summed E-state index contributed by atoms with van der Waals surface area (Å²) in [4.78, 5) is 40.2. The first-order valence-electron chi connectivity index (χ1n) is 11.0. The van der Waals surface area contributed by atoms with Crippen LogP contribution in [0.5, 0.6) is 0 Å². The molecule has 1 amide bonds. The van der Waals surface area contributed by atoms with E-state index in [0.29, 0.717) is 16.8 Å². The van der Waals surface area contributed by atoms with Crippen LogP contribution in [0.3, 0.4) is 0 Å². The molecule has 1 aliphatic rings. The third-order valence-corrected chi connectivity index (χ3v) is 5.72. The van der Waals surface area contributed by atoms with E-state index in [-0.39, 0.29) is 42.2 Å². The maximum atomic E-state index is 12.8. The van der Waals surface area contributed by atoms with Gasteiger partial charge in [0, 0.05) is 29.2 Å². The highest BCUT2D eigenvalue weighted by atomic mass is 16.5.